The molecule has 2 rings (SSSR count). The summed E-state index contributed by atoms with van der Waals surface area (Å²) < 4.78 is 5.64. The Bertz CT molecular complexity index is 615. The second kappa shape index (κ2) is 6.93. The Hall–Kier alpha value is -2.29. The zero-order valence-electron chi connectivity index (χ0n) is 12.8. The lowest BCUT2D eigenvalue weighted by Gasteiger charge is -2.09. The molecule has 0 aliphatic rings. The predicted molar refractivity (Wildman–Crippen MR) is 85.8 cm³/mol. The molecule has 0 aliphatic carbocycles. The molecule has 110 valence electrons. The Morgan fingerprint density at radius 2 is 1.71 bits per heavy atom. The van der Waals surface area contributed by atoms with Gasteiger partial charge in [-0.3, -0.25) is 4.79 Å². The van der Waals surface area contributed by atoms with Crippen molar-refractivity contribution in [2.45, 2.75) is 27.2 Å². The first-order valence-corrected chi connectivity index (χ1v) is 7.10. The average Bonchev–Trinajstić information content (AvgIpc) is 2.37. The quantitative estimate of drug-likeness (QED) is 0.900. The number of carbonyl (C=O) groups is 1. The average molecular weight is 283 g/mol. The van der Waals surface area contributed by atoms with Crippen molar-refractivity contribution in [3.05, 3.63) is 59.2 Å². The van der Waals surface area contributed by atoms with Crippen molar-refractivity contribution in [1.29, 1.82) is 0 Å². The lowest BCUT2D eigenvalue weighted by atomic mass is 10.1. The number of rotatable bonds is 5. The van der Waals surface area contributed by atoms with Crippen LogP contribution in [-0.4, -0.2) is 12.5 Å². The van der Waals surface area contributed by atoms with Crippen molar-refractivity contribution in [2.75, 3.05) is 11.9 Å². The number of anilines is 1. The lowest BCUT2D eigenvalue weighted by molar-refractivity contribution is -0.116. The highest BCUT2D eigenvalue weighted by atomic mass is 16.5. The number of carbonyl (C=O) groups excluding carboxylic acids is 1. The maximum atomic E-state index is 11.9. The van der Waals surface area contributed by atoms with Crippen LogP contribution in [0, 0.1) is 20.8 Å². The van der Waals surface area contributed by atoms with Gasteiger partial charge in [-0.25, -0.2) is 0 Å². The first-order valence-electron chi connectivity index (χ1n) is 7.10. The van der Waals surface area contributed by atoms with Crippen LogP contribution in [0.4, 0.5) is 5.69 Å². The summed E-state index contributed by atoms with van der Waals surface area (Å²) in [4.78, 5) is 11.9. The molecule has 0 saturated heterocycles. The van der Waals surface area contributed by atoms with Crippen molar-refractivity contribution in [3.63, 3.8) is 0 Å². The molecule has 0 atom stereocenters. The Morgan fingerprint density at radius 1 is 1.00 bits per heavy atom. The molecule has 0 radical (unpaired) electrons. The zero-order valence-corrected chi connectivity index (χ0v) is 12.8. The predicted octanol–water partition coefficient (Wildman–Crippen LogP) is 4.02. The summed E-state index contributed by atoms with van der Waals surface area (Å²) in [7, 11) is 0. The van der Waals surface area contributed by atoms with Crippen molar-refractivity contribution in [3.8, 4) is 5.75 Å². The molecule has 2 aromatic rings. The van der Waals surface area contributed by atoms with E-state index >= 15 is 0 Å². The van der Waals surface area contributed by atoms with E-state index in [1.807, 2.05) is 57.2 Å². The van der Waals surface area contributed by atoms with Crippen LogP contribution in [0.3, 0.4) is 0 Å². The molecule has 3 heteroatoms. The van der Waals surface area contributed by atoms with Crippen LogP contribution in [0.5, 0.6) is 5.75 Å². The van der Waals surface area contributed by atoms with Gasteiger partial charge in [0.2, 0.25) is 5.91 Å². The number of hydrogen-bond acceptors (Lipinski definition) is 2. The smallest absolute Gasteiger partial charge is 0.227 e. The van der Waals surface area contributed by atoms with Crippen molar-refractivity contribution >= 4 is 11.6 Å². The van der Waals surface area contributed by atoms with Gasteiger partial charge in [-0.15, -0.1) is 0 Å². The Labute approximate surface area is 126 Å². The van der Waals surface area contributed by atoms with Crippen molar-refractivity contribution in [1.82, 2.24) is 0 Å². The number of hydrogen-bond donors (Lipinski definition) is 1. The first kappa shape index (κ1) is 15.1. The summed E-state index contributed by atoms with van der Waals surface area (Å²) in [6.45, 7) is 6.44. The molecular weight excluding hydrogens is 262 g/mol. The van der Waals surface area contributed by atoms with Crippen LogP contribution in [-0.2, 0) is 4.79 Å². The van der Waals surface area contributed by atoms with Crippen LogP contribution in [0.15, 0.2) is 42.5 Å². The fraction of sp³-hybridized carbons (Fsp3) is 0.278. The van der Waals surface area contributed by atoms with Crippen LogP contribution < -0.4 is 10.1 Å². The van der Waals surface area contributed by atoms with Gasteiger partial charge >= 0.3 is 0 Å². The van der Waals surface area contributed by atoms with Gasteiger partial charge < -0.3 is 10.1 Å². The normalized spacial score (nSPS) is 10.2. The molecular formula is C18H21NO2. The Kier molecular flexibility index (Phi) is 4.99. The largest absolute Gasteiger partial charge is 0.493 e. The minimum atomic E-state index is -0.0371. The van der Waals surface area contributed by atoms with Gasteiger partial charge in [0, 0.05) is 5.69 Å². The number of ether oxygens (including phenoxy) is 1. The second-order valence-electron chi connectivity index (χ2n) is 5.34. The van der Waals surface area contributed by atoms with E-state index < -0.39 is 0 Å². The van der Waals surface area contributed by atoms with E-state index in [2.05, 4.69) is 11.4 Å². The van der Waals surface area contributed by atoms with E-state index in [4.69, 9.17) is 4.74 Å². The second-order valence-corrected chi connectivity index (χ2v) is 5.34. The standard InChI is InChI=1S/C18H21NO2/c1-13-5-4-6-16(10-13)19-18(20)7-8-21-17-11-14(2)9-15(3)12-17/h4-6,9-12H,7-8H2,1-3H3,(H,19,20). The topological polar surface area (TPSA) is 38.3 Å². The molecule has 0 heterocycles. The van der Waals surface area contributed by atoms with Gasteiger partial charge in [0.15, 0.2) is 0 Å². The highest BCUT2D eigenvalue weighted by Gasteiger charge is 2.04. The summed E-state index contributed by atoms with van der Waals surface area (Å²) in [5.41, 5.74) is 4.27. The van der Waals surface area contributed by atoms with Crippen LogP contribution in [0.1, 0.15) is 23.1 Å². The van der Waals surface area contributed by atoms with E-state index in [9.17, 15) is 4.79 Å². The molecule has 0 fully saturated rings. The van der Waals surface area contributed by atoms with Gasteiger partial charge in [0.25, 0.3) is 0 Å². The number of amides is 1. The summed E-state index contributed by atoms with van der Waals surface area (Å²) >= 11 is 0. The molecule has 3 nitrogen and oxygen atoms in total. The maximum Gasteiger partial charge on any atom is 0.227 e. The van der Waals surface area contributed by atoms with Gasteiger partial charge in [0.1, 0.15) is 5.75 Å². The molecule has 0 unspecified atom stereocenters. The summed E-state index contributed by atoms with van der Waals surface area (Å²) in [5, 5.41) is 2.87. The van der Waals surface area contributed by atoms with E-state index in [0.29, 0.717) is 13.0 Å². The van der Waals surface area contributed by atoms with E-state index in [0.717, 1.165) is 28.1 Å². The highest BCUT2D eigenvalue weighted by Crippen LogP contribution is 2.16. The number of nitrogens with one attached hydrogen (secondary N) is 1. The van der Waals surface area contributed by atoms with Gasteiger partial charge in [-0.1, -0.05) is 18.2 Å². The molecule has 0 bridgehead atoms. The van der Waals surface area contributed by atoms with Gasteiger partial charge in [-0.05, 0) is 61.7 Å². The van der Waals surface area contributed by atoms with Crippen LogP contribution >= 0.6 is 0 Å². The van der Waals surface area contributed by atoms with Gasteiger partial charge in [0.05, 0.1) is 13.0 Å². The van der Waals surface area contributed by atoms with E-state index in [1.165, 1.54) is 0 Å². The molecule has 1 N–H and O–H groups in total. The first-order chi connectivity index (χ1) is 10.0. The third-order valence-electron chi connectivity index (χ3n) is 3.09. The molecule has 1 amide bonds. The molecule has 21 heavy (non-hydrogen) atoms. The SMILES string of the molecule is Cc1cccc(NC(=O)CCOc2cc(C)cc(C)c2)c1. The van der Waals surface area contributed by atoms with Crippen LogP contribution in [0.2, 0.25) is 0 Å². The molecule has 0 aromatic heterocycles. The van der Waals surface area contributed by atoms with E-state index in [-0.39, 0.29) is 5.91 Å². The fourth-order valence-corrected chi connectivity index (χ4v) is 2.22. The molecule has 0 saturated carbocycles. The van der Waals surface area contributed by atoms with E-state index in [1.54, 1.807) is 0 Å². The monoisotopic (exact) mass is 283 g/mol. The summed E-state index contributed by atoms with van der Waals surface area (Å²) in [6, 6.07) is 13.8. The molecule has 2 aromatic carbocycles. The summed E-state index contributed by atoms with van der Waals surface area (Å²) in [5.74, 6) is 0.779. The van der Waals surface area contributed by atoms with Crippen LogP contribution in [0.25, 0.3) is 0 Å². The zero-order chi connectivity index (χ0) is 15.2. The lowest BCUT2D eigenvalue weighted by Crippen LogP contribution is -2.15. The Morgan fingerprint density at radius 3 is 2.38 bits per heavy atom. The minimum absolute atomic E-state index is 0.0371. The van der Waals surface area contributed by atoms with Crippen molar-refractivity contribution < 1.29 is 9.53 Å². The maximum absolute atomic E-state index is 11.9. The van der Waals surface area contributed by atoms with Gasteiger partial charge in [-0.2, -0.15) is 0 Å². The minimum Gasteiger partial charge on any atom is -0.493 e. The number of benzene rings is 2. The third-order valence-corrected chi connectivity index (χ3v) is 3.09. The molecule has 0 spiro atoms. The van der Waals surface area contributed by atoms with Crippen molar-refractivity contribution in [2.24, 2.45) is 0 Å². The molecule has 0 aliphatic heterocycles. The Balaban J connectivity index is 1.81. The fourth-order valence-electron chi connectivity index (χ4n) is 2.22. The number of aryl methyl sites for hydroxylation is 3. The third kappa shape index (κ3) is 4.95. The highest BCUT2D eigenvalue weighted by molar-refractivity contribution is 5.90. The summed E-state index contributed by atoms with van der Waals surface area (Å²) in [6.07, 6.45) is 0.334.